The van der Waals surface area contributed by atoms with E-state index in [0.717, 1.165) is 25.1 Å². The van der Waals surface area contributed by atoms with E-state index < -0.39 is 5.82 Å². The zero-order valence-corrected chi connectivity index (χ0v) is 12.0. The van der Waals surface area contributed by atoms with Crippen LogP contribution in [0.15, 0.2) is 36.4 Å². The highest BCUT2D eigenvalue weighted by atomic mass is 19.1. The molecule has 2 aromatic carbocycles. The van der Waals surface area contributed by atoms with Crippen molar-refractivity contribution in [2.24, 2.45) is 5.73 Å². The van der Waals surface area contributed by atoms with Crippen LogP contribution in [0.25, 0.3) is 0 Å². The third-order valence-electron chi connectivity index (χ3n) is 3.91. The monoisotopic (exact) mass is 283 g/mol. The fourth-order valence-corrected chi connectivity index (χ4v) is 2.98. The molecule has 0 saturated carbocycles. The summed E-state index contributed by atoms with van der Waals surface area (Å²) in [6.45, 7) is 2.88. The first kappa shape index (κ1) is 13.6. The zero-order chi connectivity index (χ0) is 15.0. The molecule has 0 spiro atoms. The number of nitrogens with zero attached hydrogens (tertiary/aromatic N) is 1. The van der Waals surface area contributed by atoms with Crippen molar-refractivity contribution in [1.29, 1.82) is 5.41 Å². The van der Waals surface area contributed by atoms with Crippen molar-refractivity contribution in [3.63, 3.8) is 0 Å². The molecule has 0 saturated heterocycles. The van der Waals surface area contributed by atoms with Crippen molar-refractivity contribution in [3.8, 4) is 0 Å². The van der Waals surface area contributed by atoms with Crippen LogP contribution in [-0.4, -0.2) is 12.4 Å². The molecule has 0 amide bonds. The molecule has 4 heteroatoms. The van der Waals surface area contributed by atoms with Gasteiger partial charge in [-0.05, 0) is 43.5 Å². The average Bonchev–Trinajstić information content (AvgIpc) is 2.45. The number of hydrogen-bond acceptors (Lipinski definition) is 2. The molecule has 0 aliphatic carbocycles. The molecule has 0 aromatic heterocycles. The van der Waals surface area contributed by atoms with E-state index in [1.54, 1.807) is 6.07 Å². The number of benzene rings is 2. The van der Waals surface area contributed by atoms with Gasteiger partial charge in [0.2, 0.25) is 0 Å². The van der Waals surface area contributed by atoms with Gasteiger partial charge in [-0.2, -0.15) is 0 Å². The van der Waals surface area contributed by atoms with Crippen LogP contribution >= 0.6 is 0 Å². The number of fused-ring (bicyclic) bond motifs is 1. The van der Waals surface area contributed by atoms with Crippen molar-refractivity contribution in [3.05, 3.63) is 58.9 Å². The van der Waals surface area contributed by atoms with E-state index in [-0.39, 0.29) is 11.4 Å². The third kappa shape index (κ3) is 2.37. The van der Waals surface area contributed by atoms with Gasteiger partial charge in [-0.25, -0.2) is 4.39 Å². The Morgan fingerprint density at radius 2 is 2.05 bits per heavy atom. The molecule has 0 atom stereocenters. The van der Waals surface area contributed by atoms with Gasteiger partial charge >= 0.3 is 0 Å². The van der Waals surface area contributed by atoms with Crippen LogP contribution in [0, 0.1) is 18.2 Å². The van der Waals surface area contributed by atoms with E-state index >= 15 is 0 Å². The maximum atomic E-state index is 14.0. The van der Waals surface area contributed by atoms with Crippen molar-refractivity contribution in [2.45, 2.75) is 19.8 Å². The summed E-state index contributed by atoms with van der Waals surface area (Å²) in [5.74, 6) is -0.679. The summed E-state index contributed by atoms with van der Waals surface area (Å²) in [4.78, 5) is 2.07. The van der Waals surface area contributed by atoms with Gasteiger partial charge in [-0.1, -0.05) is 23.8 Å². The van der Waals surface area contributed by atoms with E-state index in [1.165, 1.54) is 17.2 Å². The van der Waals surface area contributed by atoms with Crippen LogP contribution in [0.4, 0.5) is 15.8 Å². The minimum Gasteiger partial charge on any atom is -0.384 e. The molecular formula is C17H18FN3. The summed E-state index contributed by atoms with van der Waals surface area (Å²) in [5.41, 5.74) is 10.0. The fourth-order valence-electron chi connectivity index (χ4n) is 2.98. The molecule has 1 heterocycles. The van der Waals surface area contributed by atoms with E-state index in [1.807, 2.05) is 6.07 Å². The Hall–Kier alpha value is -2.36. The number of nitrogen functional groups attached to an aromatic ring is 1. The van der Waals surface area contributed by atoms with Gasteiger partial charge in [0.25, 0.3) is 0 Å². The van der Waals surface area contributed by atoms with Gasteiger partial charge in [0.1, 0.15) is 11.7 Å². The van der Waals surface area contributed by atoms with Crippen LogP contribution in [0.2, 0.25) is 0 Å². The Kier molecular flexibility index (Phi) is 3.37. The van der Waals surface area contributed by atoms with Crippen LogP contribution < -0.4 is 10.6 Å². The molecule has 0 fully saturated rings. The molecule has 0 unspecified atom stereocenters. The highest BCUT2D eigenvalue weighted by Gasteiger charge is 2.22. The summed E-state index contributed by atoms with van der Waals surface area (Å²) >= 11 is 0. The number of halogens is 1. The summed E-state index contributed by atoms with van der Waals surface area (Å²) in [6, 6.07) is 11.1. The number of nitrogens with two attached hydrogens (primary N) is 1. The Morgan fingerprint density at radius 1 is 1.24 bits per heavy atom. The molecule has 1 aliphatic heterocycles. The second-order valence-electron chi connectivity index (χ2n) is 5.43. The van der Waals surface area contributed by atoms with Gasteiger partial charge in [0.05, 0.1) is 11.3 Å². The van der Waals surface area contributed by atoms with Gasteiger partial charge in [-0.15, -0.1) is 0 Å². The topological polar surface area (TPSA) is 53.1 Å². The van der Waals surface area contributed by atoms with E-state index in [0.29, 0.717) is 5.69 Å². The van der Waals surface area contributed by atoms with Gasteiger partial charge < -0.3 is 10.6 Å². The number of amidine groups is 1. The number of nitrogens with one attached hydrogen (secondary N) is 1. The summed E-state index contributed by atoms with van der Waals surface area (Å²) < 4.78 is 14.0. The molecule has 0 radical (unpaired) electrons. The van der Waals surface area contributed by atoms with Crippen molar-refractivity contribution >= 4 is 17.2 Å². The molecule has 108 valence electrons. The summed E-state index contributed by atoms with van der Waals surface area (Å²) in [5, 5.41) is 7.66. The van der Waals surface area contributed by atoms with Gasteiger partial charge in [0.15, 0.2) is 0 Å². The smallest absolute Gasteiger partial charge is 0.136 e. The lowest BCUT2D eigenvalue weighted by molar-refractivity contribution is 0.624. The Labute approximate surface area is 123 Å². The first-order valence-corrected chi connectivity index (χ1v) is 7.08. The molecule has 3 nitrogen and oxygen atoms in total. The van der Waals surface area contributed by atoms with Crippen LogP contribution in [-0.2, 0) is 6.42 Å². The first-order valence-electron chi connectivity index (χ1n) is 7.08. The standard InChI is InChI=1S/C17H18FN3/c1-11-7-8-14-12(10-11)4-3-9-21(14)15-6-2-5-13(18)16(15)17(19)20/h2,5-8,10H,3-4,9H2,1H3,(H3,19,20). The Morgan fingerprint density at radius 3 is 2.81 bits per heavy atom. The lowest BCUT2D eigenvalue weighted by atomic mass is 9.98. The number of anilines is 2. The number of aryl methyl sites for hydroxylation is 2. The van der Waals surface area contributed by atoms with Crippen LogP contribution in [0.5, 0.6) is 0 Å². The Balaban J connectivity index is 2.16. The highest BCUT2D eigenvalue weighted by molar-refractivity contribution is 6.01. The quantitative estimate of drug-likeness (QED) is 0.654. The normalized spacial score (nSPS) is 13.9. The summed E-state index contributed by atoms with van der Waals surface area (Å²) in [6.07, 6.45) is 2.03. The number of hydrogen-bond donors (Lipinski definition) is 2. The van der Waals surface area contributed by atoms with Crippen LogP contribution in [0.1, 0.15) is 23.1 Å². The molecule has 0 bridgehead atoms. The maximum Gasteiger partial charge on any atom is 0.136 e. The lowest BCUT2D eigenvalue weighted by Crippen LogP contribution is -2.28. The van der Waals surface area contributed by atoms with Crippen LogP contribution in [0.3, 0.4) is 0 Å². The third-order valence-corrected chi connectivity index (χ3v) is 3.91. The van der Waals surface area contributed by atoms with E-state index in [9.17, 15) is 4.39 Å². The van der Waals surface area contributed by atoms with Gasteiger partial charge in [0, 0.05) is 12.2 Å². The highest BCUT2D eigenvalue weighted by Crippen LogP contribution is 2.36. The molecule has 1 aliphatic rings. The minimum atomic E-state index is -0.445. The number of rotatable bonds is 2. The average molecular weight is 283 g/mol. The predicted octanol–water partition coefficient (Wildman–Crippen LogP) is 3.50. The lowest BCUT2D eigenvalue weighted by Gasteiger charge is -2.33. The molecular weight excluding hydrogens is 265 g/mol. The van der Waals surface area contributed by atoms with E-state index in [4.69, 9.17) is 11.1 Å². The fraction of sp³-hybridized carbons (Fsp3) is 0.235. The Bertz CT molecular complexity index is 709. The van der Waals surface area contributed by atoms with Crippen molar-refractivity contribution < 1.29 is 4.39 Å². The zero-order valence-electron chi connectivity index (χ0n) is 12.0. The maximum absolute atomic E-state index is 14.0. The molecule has 21 heavy (non-hydrogen) atoms. The predicted molar refractivity (Wildman–Crippen MR) is 83.9 cm³/mol. The van der Waals surface area contributed by atoms with Crippen molar-refractivity contribution in [2.75, 3.05) is 11.4 Å². The minimum absolute atomic E-state index is 0.186. The summed E-state index contributed by atoms with van der Waals surface area (Å²) in [7, 11) is 0. The van der Waals surface area contributed by atoms with Crippen molar-refractivity contribution in [1.82, 2.24) is 0 Å². The molecule has 2 aromatic rings. The molecule has 3 N–H and O–H groups in total. The largest absolute Gasteiger partial charge is 0.384 e. The second kappa shape index (κ2) is 5.20. The SMILES string of the molecule is Cc1ccc2c(c1)CCCN2c1cccc(F)c1C(=N)N. The first-order chi connectivity index (χ1) is 10.1. The van der Waals surface area contributed by atoms with Gasteiger partial charge in [-0.3, -0.25) is 5.41 Å². The van der Waals surface area contributed by atoms with E-state index in [2.05, 4.69) is 30.0 Å². The molecule has 3 rings (SSSR count). The second-order valence-corrected chi connectivity index (χ2v) is 5.43.